The zero-order valence-corrected chi connectivity index (χ0v) is 10.3. The lowest BCUT2D eigenvalue weighted by Gasteiger charge is -2.14. The molecule has 0 bridgehead atoms. The molecule has 2 aromatic rings. The van der Waals surface area contributed by atoms with Gasteiger partial charge in [-0.25, -0.2) is 0 Å². The molecule has 0 aliphatic carbocycles. The molecule has 1 aromatic heterocycles. The maximum atomic E-state index is 5.83. The number of aromatic nitrogens is 1. The number of rotatable bonds is 4. The first-order valence-corrected chi connectivity index (χ1v) is 5.67. The summed E-state index contributed by atoms with van der Waals surface area (Å²) in [5.41, 5.74) is 7.37. The molecule has 0 atom stereocenters. The minimum atomic E-state index is 0.387. The number of hydrogen-bond donors (Lipinski definition) is 1. The van der Waals surface area contributed by atoms with E-state index in [1.165, 1.54) is 0 Å². The highest BCUT2D eigenvalue weighted by molar-refractivity contribution is 6.30. The highest BCUT2D eigenvalue weighted by Crippen LogP contribution is 2.16. The summed E-state index contributed by atoms with van der Waals surface area (Å²) < 4.78 is 5.32. The highest BCUT2D eigenvalue weighted by Gasteiger charge is 2.08. The fourth-order valence-corrected chi connectivity index (χ4v) is 1.62. The van der Waals surface area contributed by atoms with Gasteiger partial charge in [-0.15, -0.1) is 0 Å². The van der Waals surface area contributed by atoms with E-state index in [1.807, 2.05) is 36.2 Å². The minimum Gasteiger partial charge on any atom is -0.432 e. The van der Waals surface area contributed by atoms with E-state index in [1.54, 1.807) is 6.26 Å². The van der Waals surface area contributed by atoms with E-state index in [0.29, 0.717) is 19.1 Å². The Morgan fingerprint density at radius 3 is 2.65 bits per heavy atom. The van der Waals surface area contributed by atoms with Crippen LogP contribution in [0, 0.1) is 0 Å². The van der Waals surface area contributed by atoms with Crippen LogP contribution in [-0.4, -0.2) is 12.0 Å². The van der Waals surface area contributed by atoms with Gasteiger partial charge in [0.25, 0.3) is 6.01 Å². The van der Waals surface area contributed by atoms with Crippen LogP contribution < -0.4 is 10.6 Å². The first kappa shape index (κ1) is 12.0. The molecule has 0 radical (unpaired) electrons. The second-order valence-corrected chi connectivity index (χ2v) is 4.24. The largest absolute Gasteiger partial charge is 0.432 e. The van der Waals surface area contributed by atoms with E-state index in [-0.39, 0.29) is 0 Å². The highest BCUT2D eigenvalue weighted by atomic mass is 35.5. The maximum absolute atomic E-state index is 5.83. The zero-order valence-electron chi connectivity index (χ0n) is 9.56. The van der Waals surface area contributed by atoms with Crippen LogP contribution in [0.5, 0.6) is 0 Å². The maximum Gasteiger partial charge on any atom is 0.297 e. The summed E-state index contributed by atoms with van der Waals surface area (Å²) in [5, 5.41) is 0.734. The normalized spacial score (nSPS) is 10.5. The van der Waals surface area contributed by atoms with Crippen molar-refractivity contribution in [3.8, 4) is 0 Å². The number of benzene rings is 1. The SMILES string of the molecule is CN(Cc1ccc(Cl)cc1)c1nc(CN)co1. The predicted octanol–water partition coefficient (Wildman–Crippen LogP) is 2.42. The smallest absolute Gasteiger partial charge is 0.297 e. The Hall–Kier alpha value is -1.52. The molecule has 1 aromatic carbocycles. The number of anilines is 1. The van der Waals surface area contributed by atoms with Crippen molar-refractivity contribution in [2.45, 2.75) is 13.1 Å². The van der Waals surface area contributed by atoms with Gasteiger partial charge in [0.1, 0.15) is 6.26 Å². The standard InChI is InChI=1S/C12H14ClN3O/c1-16(12-15-11(6-14)8-17-12)7-9-2-4-10(13)5-3-9/h2-5,8H,6-7,14H2,1H3. The second kappa shape index (κ2) is 5.21. The van der Waals surface area contributed by atoms with E-state index in [2.05, 4.69) is 4.98 Å². The van der Waals surface area contributed by atoms with Crippen molar-refractivity contribution in [3.05, 3.63) is 46.8 Å². The van der Waals surface area contributed by atoms with Gasteiger partial charge in [-0.1, -0.05) is 23.7 Å². The molecule has 4 nitrogen and oxygen atoms in total. The van der Waals surface area contributed by atoms with Crippen molar-refractivity contribution >= 4 is 17.6 Å². The van der Waals surface area contributed by atoms with Crippen molar-refractivity contribution in [2.75, 3.05) is 11.9 Å². The predicted molar refractivity (Wildman–Crippen MR) is 68.0 cm³/mol. The van der Waals surface area contributed by atoms with Crippen LogP contribution in [0.4, 0.5) is 6.01 Å². The Morgan fingerprint density at radius 2 is 2.06 bits per heavy atom. The van der Waals surface area contributed by atoms with E-state index in [4.69, 9.17) is 21.8 Å². The molecule has 0 fully saturated rings. The summed E-state index contributed by atoms with van der Waals surface area (Å²) in [6.45, 7) is 1.10. The Bertz CT molecular complexity index is 481. The molecular weight excluding hydrogens is 238 g/mol. The molecule has 0 amide bonds. The zero-order chi connectivity index (χ0) is 12.3. The second-order valence-electron chi connectivity index (χ2n) is 3.81. The van der Waals surface area contributed by atoms with Gasteiger partial charge in [0.2, 0.25) is 0 Å². The van der Waals surface area contributed by atoms with Crippen molar-refractivity contribution in [1.82, 2.24) is 4.98 Å². The average molecular weight is 252 g/mol. The molecule has 17 heavy (non-hydrogen) atoms. The molecule has 90 valence electrons. The van der Waals surface area contributed by atoms with Gasteiger partial charge in [0.15, 0.2) is 0 Å². The third kappa shape index (κ3) is 2.99. The Balaban J connectivity index is 2.05. The van der Waals surface area contributed by atoms with Crippen LogP contribution in [0.1, 0.15) is 11.3 Å². The van der Waals surface area contributed by atoms with Gasteiger partial charge in [-0.05, 0) is 17.7 Å². The molecule has 0 aliphatic heterocycles. The number of nitrogens with two attached hydrogens (primary N) is 1. The van der Waals surface area contributed by atoms with Gasteiger partial charge < -0.3 is 15.1 Å². The Morgan fingerprint density at radius 1 is 1.35 bits per heavy atom. The number of oxazole rings is 1. The average Bonchev–Trinajstić information content (AvgIpc) is 2.81. The first-order valence-electron chi connectivity index (χ1n) is 5.29. The molecule has 2 rings (SSSR count). The molecule has 1 heterocycles. The topological polar surface area (TPSA) is 55.3 Å². The van der Waals surface area contributed by atoms with E-state index in [0.717, 1.165) is 16.3 Å². The van der Waals surface area contributed by atoms with Gasteiger partial charge in [0, 0.05) is 25.2 Å². The van der Waals surface area contributed by atoms with Crippen LogP contribution in [0.3, 0.4) is 0 Å². The van der Waals surface area contributed by atoms with Gasteiger partial charge in [-0.3, -0.25) is 0 Å². The lowest BCUT2D eigenvalue weighted by molar-refractivity contribution is 0.544. The van der Waals surface area contributed by atoms with Crippen LogP contribution in [-0.2, 0) is 13.1 Å². The third-order valence-corrected chi connectivity index (χ3v) is 2.66. The van der Waals surface area contributed by atoms with E-state index in [9.17, 15) is 0 Å². The molecule has 2 N–H and O–H groups in total. The fraction of sp³-hybridized carbons (Fsp3) is 0.250. The van der Waals surface area contributed by atoms with Crippen LogP contribution in [0.25, 0.3) is 0 Å². The molecule has 0 aliphatic rings. The summed E-state index contributed by atoms with van der Waals surface area (Å²) >= 11 is 5.83. The number of halogens is 1. The van der Waals surface area contributed by atoms with Gasteiger partial charge >= 0.3 is 0 Å². The molecule has 0 unspecified atom stereocenters. The summed E-state index contributed by atoms with van der Waals surface area (Å²) in [6.07, 6.45) is 1.58. The Kier molecular flexibility index (Phi) is 3.66. The van der Waals surface area contributed by atoms with E-state index >= 15 is 0 Å². The van der Waals surface area contributed by atoms with Crippen LogP contribution >= 0.6 is 11.6 Å². The molecule has 0 saturated heterocycles. The van der Waals surface area contributed by atoms with E-state index < -0.39 is 0 Å². The summed E-state index contributed by atoms with van der Waals surface area (Å²) in [6, 6.07) is 8.26. The molecule has 0 spiro atoms. The quantitative estimate of drug-likeness (QED) is 0.907. The third-order valence-electron chi connectivity index (χ3n) is 2.41. The van der Waals surface area contributed by atoms with Crippen molar-refractivity contribution in [3.63, 3.8) is 0 Å². The van der Waals surface area contributed by atoms with Crippen molar-refractivity contribution in [1.29, 1.82) is 0 Å². The van der Waals surface area contributed by atoms with Gasteiger partial charge in [-0.2, -0.15) is 4.98 Å². The summed E-state index contributed by atoms with van der Waals surface area (Å²) in [5.74, 6) is 0. The molecule has 5 heteroatoms. The minimum absolute atomic E-state index is 0.387. The monoisotopic (exact) mass is 251 g/mol. The lowest BCUT2D eigenvalue weighted by Crippen LogP contribution is -2.16. The fourth-order valence-electron chi connectivity index (χ4n) is 1.50. The number of nitrogens with zero attached hydrogens (tertiary/aromatic N) is 2. The first-order chi connectivity index (χ1) is 8.19. The van der Waals surface area contributed by atoms with Crippen molar-refractivity contribution < 1.29 is 4.42 Å². The van der Waals surface area contributed by atoms with Crippen LogP contribution in [0.2, 0.25) is 5.02 Å². The van der Waals surface area contributed by atoms with Gasteiger partial charge in [0.05, 0.1) is 5.69 Å². The van der Waals surface area contributed by atoms with Crippen LogP contribution in [0.15, 0.2) is 34.9 Å². The number of hydrogen-bond acceptors (Lipinski definition) is 4. The molecule has 0 saturated carbocycles. The lowest BCUT2D eigenvalue weighted by atomic mass is 10.2. The Labute approximate surface area is 105 Å². The molecular formula is C12H14ClN3O. The summed E-state index contributed by atoms with van der Waals surface area (Å²) in [7, 11) is 1.92. The van der Waals surface area contributed by atoms with Crippen molar-refractivity contribution in [2.24, 2.45) is 5.73 Å². The summed E-state index contributed by atoms with van der Waals surface area (Å²) in [4.78, 5) is 6.17.